The first-order valence-corrected chi connectivity index (χ1v) is 1.31. The molecule has 1 unspecified atom stereocenters. The van der Waals surface area contributed by atoms with Crippen LogP contribution in [0.15, 0.2) is 0 Å². The first kappa shape index (κ1) is 2.18. The average molecular weight is 59.1 g/mol. The molecule has 0 amide bonds. The molecule has 2 heteroatoms. The molecule has 1 aliphatic heterocycles. The second-order valence-electron chi connectivity index (χ2n) is 0.924. The van der Waals surface area contributed by atoms with E-state index in [0.29, 0.717) is 0 Å². The van der Waals surface area contributed by atoms with Crippen molar-refractivity contribution in [3.63, 3.8) is 0 Å². The van der Waals surface area contributed by atoms with Crippen molar-refractivity contribution in [3.05, 3.63) is 0 Å². The lowest BCUT2D eigenvalue weighted by Crippen LogP contribution is -1.80. The lowest BCUT2D eigenvalue weighted by molar-refractivity contribution is 0.274. The molecule has 24 valence electrons. The second kappa shape index (κ2) is 0.445. The minimum atomic E-state index is -0.167. The van der Waals surface area contributed by atoms with Crippen LogP contribution in [0.4, 0.5) is 0 Å². The van der Waals surface area contributed by atoms with Crippen molar-refractivity contribution in [2.45, 2.75) is 6.23 Å². The van der Waals surface area contributed by atoms with E-state index in [-0.39, 0.29) is 6.23 Å². The van der Waals surface area contributed by atoms with Gasteiger partial charge < -0.3 is 5.11 Å². The van der Waals surface area contributed by atoms with Crippen LogP contribution in [-0.4, -0.2) is 17.9 Å². The van der Waals surface area contributed by atoms with Gasteiger partial charge in [0.15, 0.2) is 0 Å². The Morgan fingerprint density at radius 2 is 2.25 bits per heavy atom. The first-order valence-electron chi connectivity index (χ1n) is 1.31. The van der Waals surface area contributed by atoms with Gasteiger partial charge in [-0.15, -0.1) is 0 Å². The molecule has 4 heavy (non-hydrogen) atoms. The van der Waals surface area contributed by atoms with E-state index in [0.717, 1.165) is 6.54 Å². The van der Waals surface area contributed by atoms with E-state index in [1.54, 1.807) is 0 Å². The zero-order chi connectivity index (χ0) is 2.99. The van der Waals surface area contributed by atoms with Gasteiger partial charge in [0.05, 0.1) is 0 Å². The smallest absolute Gasteiger partial charge is 0.117 e. The van der Waals surface area contributed by atoms with E-state index >= 15 is 0 Å². The lowest BCUT2D eigenvalue weighted by Gasteiger charge is -1.56. The highest BCUT2D eigenvalue weighted by Gasteiger charge is 2.13. The Morgan fingerprint density at radius 1 is 2.00 bits per heavy atom. The third kappa shape index (κ3) is 0.191. The lowest BCUT2D eigenvalue weighted by atomic mass is 10.9. The highest BCUT2D eigenvalue weighted by Crippen LogP contribution is 1.84. The van der Waals surface area contributed by atoms with Crippen molar-refractivity contribution in [2.24, 2.45) is 0 Å². The van der Waals surface area contributed by atoms with Crippen LogP contribution in [-0.2, 0) is 0 Å². The molecular weight excluding hydrogens is 54.0 g/mol. The molecule has 0 aromatic carbocycles. The predicted molar refractivity (Wildman–Crippen MR) is 14.0 cm³/mol. The molecule has 0 radical (unpaired) electrons. The topological polar surface area (TPSA) is 42.2 Å². The molecule has 0 aromatic rings. The maximum absolute atomic E-state index is 8.06. The SMILES string of the molecule is OC1CN1. The molecule has 0 spiro atoms. The maximum atomic E-state index is 8.06. The molecule has 1 rings (SSSR count). The van der Waals surface area contributed by atoms with Gasteiger partial charge in [-0.3, -0.25) is 5.32 Å². The quantitative estimate of drug-likeness (QED) is 0.348. The predicted octanol–water partition coefficient (Wildman–Crippen LogP) is -1.09. The molecule has 0 bridgehead atoms. The Bertz CT molecular complexity index is 25.2. The van der Waals surface area contributed by atoms with Crippen LogP contribution in [0.3, 0.4) is 0 Å². The summed E-state index contributed by atoms with van der Waals surface area (Å²) in [6.45, 7) is 0.792. The van der Waals surface area contributed by atoms with Gasteiger partial charge in [-0.1, -0.05) is 0 Å². The van der Waals surface area contributed by atoms with Crippen LogP contribution < -0.4 is 5.32 Å². The number of aliphatic hydroxyl groups is 1. The summed E-state index contributed by atoms with van der Waals surface area (Å²) in [6.07, 6.45) is -0.167. The van der Waals surface area contributed by atoms with Crippen molar-refractivity contribution >= 4 is 0 Å². The van der Waals surface area contributed by atoms with Crippen LogP contribution in [0.2, 0.25) is 0 Å². The molecular formula is C2H5NO. The largest absolute Gasteiger partial charge is 0.377 e. The molecule has 0 saturated carbocycles. The summed E-state index contributed by atoms with van der Waals surface area (Å²) in [5, 5.41) is 10.7. The number of rotatable bonds is 0. The Balaban J connectivity index is 2.17. The van der Waals surface area contributed by atoms with Crippen LogP contribution in [0, 0.1) is 0 Å². The minimum absolute atomic E-state index is 0.167. The molecule has 1 heterocycles. The fraction of sp³-hybridized carbons (Fsp3) is 1.00. The van der Waals surface area contributed by atoms with E-state index < -0.39 is 0 Å². The van der Waals surface area contributed by atoms with Crippen LogP contribution >= 0.6 is 0 Å². The standard InChI is InChI=1S/C2H5NO/c4-2-1-3-2/h2-4H,1H2. The van der Waals surface area contributed by atoms with Gasteiger partial charge in [-0.25, -0.2) is 0 Å². The summed E-state index contributed by atoms with van der Waals surface area (Å²) in [4.78, 5) is 0. The Labute approximate surface area is 24.4 Å². The number of nitrogens with one attached hydrogen (secondary N) is 1. The molecule has 0 aliphatic carbocycles. The number of hydrogen-bond acceptors (Lipinski definition) is 2. The Morgan fingerprint density at radius 3 is 2.25 bits per heavy atom. The summed E-state index contributed by atoms with van der Waals surface area (Å²) >= 11 is 0. The zero-order valence-corrected chi connectivity index (χ0v) is 2.23. The van der Waals surface area contributed by atoms with E-state index in [2.05, 4.69) is 5.32 Å². The summed E-state index contributed by atoms with van der Waals surface area (Å²) in [6, 6.07) is 0. The van der Waals surface area contributed by atoms with Gasteiger partial charge in [0.2, 0.25) is 0 Å². The normalized spacial score (nSPS) is 39.8. The van der Waals surface area contributed by atoms with E-state index in [1.807, 2.05) is 0 Å². The molecule has 2 nitrogen and oxygen atoms in total. The Hall–Kier alpha value is -0.0800. The fourth-order valence-corrected chi connectivity index (χ4v) is 0.0527. The third-order valence-electron chi connectivity index (χ3n) is 0.387. The van der Waals surface area contributed by atoms with Crippen molar-refractivity contribution in [2.75, 3.05) is 6.54 Å². The average Bonchev–Trinajstić information content (AvgIpc) is 1.75. The summed E-state index contributed by atoms with van der Waals surface area (Å²) in [7, 11) is 0. The van der Waals surface area contributed by atoms with Crippen LogP contribution in [0.1, 0.15) is 0 Å². The second-order valence-corrected chi connectivity index (χ2v) is 0.924. The van der Waals surface area contributed by atoms with Gasteiger partial charge >= 0.3 is 0 Å². The first-order chi connectivity index (χ1) is 1.89. The molecule has 1 fully saturated rings. The van der Waals surface area contributed by atoms with Gasteiger partial charge in [0.25, 0.3) is 0 Å². The van der Waals surface area contributed by atoms with Crippen molar-refractivity contribution < 1.29 is 5.11 Å². The van der Waals surface area contributed by atoms with Crippen molar-refractivity contribution in [3.8, 4) is 0 Å². The van der Waals surface area contributed by atoms with E-state index in [1.165, 1.54) is 0 Å². The van der Waals surface area contributed by atoms with Crippen molar-refractivity contribution in [1.82, 2.24) is 5.32 Å². The zero-order valence-electron chi connectivity index (χ0n) is 2.23. The summed E-state index contributed by atoms with van der Waals surface area (Å²) < 4.78 is 0. The fourth-order valence-electron chi connectivity index (χ4n) is 0.0527. The third-order valence-corrected chi connectivity index (χ3v) is 0.387. The van der Waals surface area contributed by atoms with Crippen LogP contribution in [0.5, 0.6) is 0 Å². The highest BCUT2D eigenvalue weighted by molar-refractivity contribution is 4.68. The molecule has 1 aliphatic rings. The van der Waals surface area contributed by atoms with E-state index in [4.69, 9.17) is 5.11 Å². The van der Waals surface area contributed by atoms with Crippen molar-refractivity contribution in [1.29, 1.82) is 0 Å². The van der Waals surface area contributed by atoms with Gasteiger partial charge in [-0.05, 0) is 0 Å². The monoisotopic (exact) mass is 59.0 g/mol. The van der Waals surface area contributed by atoms with Gasteiger partial charge in [0, 0.05) is 6.54 Å². The maximum Gasteiger partial charge on any atom is 0.117 e. The van der Waals surface area contributed by atoms with Crippen LogP contribution in [0.25, 0.3) is 0 Å². The molecule has 1 saturated heterocycles. The summed E-state index contributed by atoms with van der Waals surface area (Å²) in [5.41, 5.74) is 0. The van der Waals surface area contributed by atoms with E-state index in [9.17, 15) is 0 Å². The van der Waals surface area contributed by atoms with Gasteiger partial charge in [0.1, 0.15) is 6.23 Å². The molecule has 0 aromatic heterocycles. The Kier molecular flexibility index (Phi) is 0.242. The molecule has 2 N–H and O–H groups in total. The van der Waals surface area contributed by atoms with Gasteiger partial charge in [-0.2, -0.15) is 0 Å². The number of β-amino-alcohol motifs (C(OH)–C–C–N with tert-alkyl or cyclic N) is 1. The number of hydrogen-bond donors (Lipinski definition) is 2. The molecule has 1 atom stereocenters. The number of aliphatic hydroxyl groups excluding tert-OH is 1. The summed E-state index contributed by atoms with van der Waals surface area (Å²) in [5.74, 6) is 0. The highest BCUT2D eigenvalue weighted by atomic mass is 16.3. The minimum Gasteiger partial charge on any atom is -0.377 e.